The van der Waals surface area contributed by atoms with E-state index in [0.717, 1.165) is 12.2 Å². The molecule has 0 saturated heterocycles. The van der Waals surface area contributed by atoms with Gasteiger partial charge in [0.15, 0.2) is 0 Å². The number of rotatable bonds is 5. The molecule has 0 aliphatic carbocycles. The molecule has 5 heteroatoms. The molecule has 1 heterocycles. The van der Waals surface area contributed by atoms with E-state index in [1.165, 1.54) is 5.56 Å². The Labute approximate surface area is 112 Å². The van der Waals surface area contributed by atoms with Crippen LogP contribution in [-0.4, -0.2) is 39.6 Å². The number of fused-ring (bicyclic) bond motifs is 1. The number of nitrogens with one attached hydrogen (secondary N) is 1. The van der Waals surface area contributed by atoms with Gasteiger partial charge in [0.25, 0.3) is 0 Å². The van der Waals surface area contributed by atoms with Crippen molar-refractivity contribution in [3.63, 3.8) is 0 Å². The number of carbonyl (C=O) groups excluding carboxylic acids is 1. The first kappa shape index (κ1) is 13.7. The Morgan fingerprint density at radius 3 is 3.11 bits per heavy atom. The molecular weight excluding hydrogens is 246 g/mol. The van der Waals surface area contributed by atoms with Gasteiger partial charge in [0, 0.05) is 19.6 Å². The number of hydrogen-bond acceptors (Lipinski definition) is 4. The second-order valence-electron chi connectivity index (χ2n) is 4.50. The molecule has 0 spiro atoms. The number of para-hydroxylation sites is 1. The molecule has 1 aliphatic heterocycles. The van der Waals surface area contributed by atoms with Crippen LogP contribution >= 0.6 is 0 Å². The highest BCUT2D eigenvalue weighted by Crippen LogP contribution is 2.26. The van der Waals surface area contributed by atoms with Gasteiger partial charge in [-0.15, -0.1) is 0 Å². The fourth-order valence-electron chi connectivity index (χ4n) is 2.02. The van der Waals surface area contributed by atoms with Crippen molar-refractivity contribution < 1.29 is 19.0 Å². The molecule has 1 aromatic rings. The van der Waals surface area contributed by atoms with E-state index < -0.39 is 6.09 Å². The largest absolute Gasteiger partial charge is 0.493 e. The maximum Gasteiger partial charge on any atom is 0.407 e. The lowest BCUT2D eigenvalue weighted by atomic mass is 9.97. The van der Waals surface area contributed by atoms with E-state index in [2.05, 4.69) is 11.4 Å². The van der Waals surface area contributed by atoms with E-state index in [1.54, 1.807) is 7.11 Å². The van der Waals surface area contributed by atoms with Crippen LogP contribution in [0.5, 0.6) is 5.75 Å². The summed E-state index contributed by atoms with van der Waals surface area (Å²) in [5.74, 6) is 1.23. The molecule has 104 valence electrons. The average Bonchev–Trinajstić information content (AvgIpc) is 2.45. The van der Waals surface area contributed by atoms with Crippen LogP contribution in [0.25, 0.3) is 0 Å². The summed E-state index contributed by atoms with van der Waals surface area (Å²) in [7, 11) is 1.57. The third-order valence-electron chi connectivity index (χ3n) is 3.01. The monoisotopic (exact) mass is 265 g/mol. The number of methoxy groups -OCH3 is 1. The van der Waals surface area contributed by atoms with Crippen molar-refractivity contribution in [2.75, 3.05) is 33.5 Å². The normalized spacial score (nSPS) is 17.2. The van der Waals surface area contributed by atoms with E-state index >= 15 is 0 Å². The lowest BCUT2D eigenvalue weighted by molar-refractivity contribution is 0.0967. The van der Waals surface area contributed by atoms with Crippen molar-refractivity contribution in [3.8, 4) is 5.75 Å². The van der Waals surface area contributed by atoms with E-state index in [-0.39, 0.29) is 12.5 Å². The van der Waals surface area contributed by atoms with Gasteiger partial charge in [-0.1, -0.05) is 18.2 Å². The standard InChI is InChI=1S/C14H19NO4/c1-17-6-7-18-14(16)15-9-11-8-12-4-2-3-5-13(12)19-10-11/h2-5,11H,6-10H2,1H3,(H,15,16)/t11-/m1/s1. The summed E-state index contributed by atoms with van der Waals surface area (Å²) in [4.78, 5) is 11.4. The predicted molar refractivity (Wildman–Crippen MR) is 70.4 cm³/mol. The summed E-state index contributed by atoms with van der Waals surface area (Å²) in [5, 5.41) is 2.75. The Balaban J connectivity index is 1.72. The third-order valence-corrected chi connectivity index (χ3v) is 3.01. The fraction of sp³-hybridized carbons (Fsp3) is 0.500. The van der Waals surface area contributed by atoms with Crippen LogP contribution in [-0.2, 0) is 15.9 Å². The Morgan fingerprint density at radius 2 is 2.26 bits per heavy atom. The maximum absolute atomic E-state index is 11.4. The van der Waals surface area contributed by atoms with Crippen LogP contribution in [0.15, 0.2) is 24.3 Å². The first-order valence-electron chi connectivity index (χ1n) is 6.40. The van der Waals surface area contributed by atoms with Crippen LogP contribution in [0, 0.1) is 5.92 Å². The van der Waals surface area contributed by atoms with Gasteiger partial charge < -0.3 is 19.5 Å². The van der Waals surface area contributed by atoms with Gasteiger partial charge in [-0.05, 0) is 18.1 Å². The summed E-state index contributed by atoms with van der Waals surface area (Å²) in [5.41, 5.74) is 1.19. The molecule has 1 N–H and O–H groups in total. The van der Waals surface area contributed by atoms with Gasteiger partial charge >= 0.3 is 6.09 Å². The van der Waals surface area contributed by atoms with Crippen LogP contribution in [0.2, 0.25) is 0 Å². The lowest BCUT2D eigenvalue weighted by Gasteiger charge is -2.25. The molecule has 0 unspecified atom stereocenters. The maximum atomic E-state index is 11.4. The van der Waals surface area contributed by atoms with E-state index in [9.17, 15) is 4.79 Å². The minimum Gasteiger partial charge on any atom is -0.493 e. The molecule has 1 amide bonds. The van der Waals surface area contributed by atoms with Crippen molar-refractivity contribution in [2.45, 2.75) is 6.42 Å². The molecule has 1 aliphatic rings. The zero-order valence-corrected chi connectivity index (χ0v) is 11.1. The number of ether oxygens (including phenoxy) is 3. The molecule has 1 atom stereocenters. The predicted octanol–water partition coefficient (Wildman–Crippen LogP) is 1.61. The van der Waals surface area contributed by atoms with Crippen LogP contribution in [0.3, 0.4) is 0 Å². The highest BCUT2D eigenvalue weighted by Gasteiger charge is 2.20. The van der Waals surface area contributed by atoms with E-state index in [4.69, 9.17) is 14.2 Å². The number of carbonyl (C=O) groups is 1. The minimum absolute atomic E-state index is 0.270. The molecule has 0 saturated carbocycles. The van der Waals surface area contributed by atoms with Crippen molar-refractivity contribution in [2.24, 2.45) is 5.92 Å². The molecule has 5 nitrogen and oxygen atoms in total. The van der Waals surface area contributed by atoms with Gasteiger partial charge in [-0.3, -0.25) is 0 Å². The van der Waals surface area contributed by atoms with Gasteiger partial charge in [0.2, 0.25) is 0 Å². The highest BCUT2D eigenvalue weighted by atomic mass is 16.6. The summed E-state index contributed by atoms with van der Waals surface area (Å²) in [6, 6.07) is 7.98. The average molecular weight is 265 g/mol. The summed E-state index contributed by atoms with van der Waals surface area (Å²) >= 11 is 0. The second kappa shape index (κ2) is 6.99. The molecule has 19 heavy (non-hydrogen) atoms. The number of hydrogen-bond donors (Lipinski definition) is 1. The first-order valence-corrected chi connectivity index (χ1v) is 6.40. The van der Waals surface area contributed by atoms with Crippen molar-refractivity contribution in [1.29, 1.82) is 0 Å². The molecule has 0 bridgehead atoms. The minimum atomic E-state index is -0.407. The van der Waals surface area contributed by atoms with Crippen molar-refractivity contribution >= 4 is 6.09 Å². The SMILES string of the molecule is COCCOC(=O)NC[C@@H]1COc2ccccc2C1. The van der Waals surface area contributed by atoms with E-state index in [0.29, 0.717) is 19.8 Å². The van der Waals surface area contributed by atoms with Crippen molar-refractivity contribution in [3.05, 3.63) is 29.8 Å². The second-order valence-corrected chi connectivity index (χ2v) is 4.50. The van der Waals surface area contributed by atoms with Crippen LogP contribution < -0.4 is 10.1 Å². The van der Waals surface area contributed by atoms with Gasteiger partial charge in [-0.2, -0.15) is 0 Å². The summed E-state index contributed by atoms with van der Waals surface area (Å²) in [6.07, 6.45) is 0.505. The molecule has 1 aromatic carbocycles. The Hall–Kier alpha value is -1.75. The zero-order valence-electron chi connectivity index (χ0n) is 11.1. The molecule has 2 rings (SSSR count). The molecule has 0 fully saturated rings. The summed E-state index contributed by atoms with van der Waals surface area (Å²) < 4.78 is 15.4. The third kappa shape index (κ3) is 4.13. The van der Waals surface area contributed by atoms with E-state index in [1.807, 2.05) is 18.2 Å². The number of alkyl carbamates (subject to hydrolysis) is 1. The van der Waals surface area contributed by atoms with Gasteiger partial charge in [0.05, 0.1) is 13.2 Å². The quantitative estimate of drug-likeness (QED) is 0.822. The van der Waals surface area contributed by atoms with Gasteiger partial charge in [-0.25, -0.2) is 4.79 Å². The highest BCUT2D eigenvalue weighted by molar-refractivity contribution is 5.67. The molecule has 0 aromatic heterocycles. The zero-order chi connectivity index (χ0) is 13.5. The number of benzene rings is 1. The molecule has 0 radical (unpaired) electrons. The first-order chi connectivity index (χ1) is 9.29. The smallest absolute Gasteiger partial charge is 0.407 e. The van der Waals surface area contributed by atoms with Crippen molar-refractivity contribution in [1.82, 2.24) is 5.32 Å². The van der Waals surface area contributed by atoms with Crippen LogP contribution in [0.1, 0.15) is 5.56 Å². The Kier molecular flexibility index (Phi) is 5.03. The topological polar surface area (TPSA) is 56.8 Å². The van der Waals surface area contributed by atoms with Crippen LogP contribution in [0.4, 0.5) is 4.79 Å². The lowest BCUT2D eigenvalue weighted by Crippen LogP contribution is -2.35. The summed E-state index contributed by atoms with van der Waals surface area (Å²) in [6.45, 7) is 1.86. The Morgan fingerprint density at radius 1 is 1.42 bits per heavy atom. The molecular formula is C14H19NO4. The fourth-order valence-corrected chi connectivity index (χ4v) is 2.02. The van der Waals surface area contributed by atoms with Gasteiger partial charge in [0.1, 0.15) is 12.4 Å². The Bertz CT molecular complexity index is 422. The number of amides is 1.